The molecule has 2 fully saturated rings. The number of carbonyl (C=O) groups excluding carboxylic acids is 3. The molecule has 0 amide bonds. The van der Waals surface area contributed by atoms with Crippen molar-refractivity contribution < 1.29 is 36.7 Å². The summed E-state index contributed by atoms with van der Waals surface area (Å²) in [5.41, 5.74) is 0.648. The molecule has 1 saturated heterocycles. The van der Waals surface area contributed by atoms with Crippen molar-refractivity contribution in [2.75, 3.05) is 13.1 Å². The number of thiol groups is 1. The van der Waals surface area contributed by atoms with Gasteiger partial charge < -0.3 is 4.74 Å². The topological polar surface area (TPSA) is 81.5 Å². The number of aromatic nitrogens is 2. The van der Waals surface area contributed by atoms with E-state index < -0.39 is 41.8 Å². The standard InChI is InChI=1S/C24H23F4N3O4S/c1-13(32)31-10-7-15(29-31)11-18-20(36)8-9-30(22(18)35-23(34)24(26,27)28)12-19(33)17-4-2-3-16(21(17)25)14-5-6-14/h2-4,7,10-11,14,20,22,36H,5-6,8-9,12H2,1H3/b18-11-. The van der Waals surface area contributed by atoms with E-state index >= 15 is 0 Å². The summed E-state index contributed by atoms with van der Waals surface area (Å²) in [6.07, 6.45) is -2.17. The third-order valence-electron chi connectivity index (χ3n) is 6.08. The van der Waals surface area contributed by atoms with Gasteiger partial charge in [0.1, 0.15) is 5.82 Å². The molecule has 2 unspecified atom stereocenters. The molecule has 1 aliphatic heterocycles. The van der Waals surface area contributed by atoms with Crippen molar-refractivity contribution >= 4 is 36.4 Å². The second kappa shape index (κ2) is 10.2. The summed E-state index contributed by atoms with van der Waals surface area (Å²) in [5.74, 6) is -4.05. The van der Waals surface area contributed by atoms with Gasteiger partial charge in [0, 0.05) is 30.5 Å². The summed E-state index contributed by atoms with van der Waals surface area (Å²) in [6, 6.07) is 5.98. The highest BCUT2D eigenvalue weighted by Gasteiger charge is 2.45. The fourth-order valence-corrected chi connectivity index (χ4v) is 4.41. The summed E-state index contributed by atoms with van der Waals surface area (Å²) in [5, 5.41) is 3.41. The SMILES string of the molecule is CC(=O)n1ccc(/C=C2/C(S)CCN(CC(=O)c3cccc(C4CC4)c3F)C2OC(=O)C(F)(F)F)n1. The van der Waals surface area contributed by atoms with Gasteiger partial charge >= 0.3 is 12.1 Å². The van der Waals surface area contributed by atoms with Crippen molar-refractivity contribution in [3.63, 3.8) is 0 Å². The summed E-state index contributed by atoms with van der Waals surface area (Å²) in [7, 11) is 0. The van der Waals surface area contributed by atoms with Gasteiger partial charge in [-0.25, -0.2) is 13.9 Å². The van der Waals surface area contributed by atoms with Crippen LogP contribution in [0.3, 0.4) is 0 Å². The van der Waals surface area contributed by atoms with E-state index in [2.05, 4.69) is 17.7 Å². The van der Waals surface area contributed by atoms with Crippen LogP contribution in [0.4, 0.5) is 17.6 Å². The van der Waals surface area contributed by atoms with Crippen LogP contribution in [-0.4, -0.2) is 63.1 Å². The number of rotatable bonds is 6. The normalized spacial score (nSPS) is 22.0. The summed E-state index contributed by atoms with van der Waals surface area (Å²) < 4.78 is 60.1. The molecule has 2 aliphatic rings. The Labute approximate surface area is 209 Å². The number of halogens is 4. The van der Waals surface area contributed by atoms with Crippen LogP contribution in [0.5, 0.6) is 0 Å². The number of benzene rings is 1. The first-order valence-electron chi connectivity index (χ1n) is 11.3. The van der Waals surface area contributed by atoms with Gasteiger partial charge in [0.05, 0.1) is 17.8 Å². The highest BCUT2D eigenvalue weighted by atomic mass is 32.1. The van der Waals surface area contributed by atoms with Gasteiger partial charge in [0.2, 0.25) is 5.91 Å². The number of alkyl halides is 3. The predicted molar refractivity (Wildman–Crippen MR) is 124 cm³/mol. The minimum absolute atomic E-state index is 0.0579. The number of Topliss-reactive ketones (excluding diaryl/α,β-unsaturated/α-hetero) is 1. The summed E-state index contributed by atoms with van der Waals surface area (Å²) >= 11 is 4.43. The Hall–Kier alpha value is -2.99. The van der Waals surface area contributed by atoms with Crippen molar-refractivity contribution in [1.82, 2.24) is 14.7 Å². The van der Waals surface area contributed by atoms with Gasteiger partial charge in [-0.05, 0) is 49.0 Å². The number of hydrogen-bond donors (Lipinski definition) is 1. The number of piperidine rings is 1. The van der Waals surface area contributed by atoms with Crippen LogP contribution in [0.2, 0.25) is 0 Å². The van der Waals surface area contributed by atoms with Crippen LogP contribution in [0.15, 0.2) is 36.0 Å². The van der Waals surface area contributed by atoms with E-state index in [1.54, 1.807) is 12.1 Å². The fraction of sp³-hybridized carbons (Fsp3) is 0.417. The maximum atomic E-state index is 15.0. The molecule has 2 aromatic rings. The van der Waals surface area contributed by atoms with Crippen molar-refractivity contribution in [1.29, 1.82) is 0 Å². The second-order valence-corrected chi connectivity index (χ2v) is 9.41. The average molecular weight is 526 g/mol. The average Bonchev–Trinajstić information content (AvgIpc) is 3.54. The van der Waals surface area contributed by atoms with Crippen LogP contribution >= 0.6 is 12.6 Å². The number of ketones is 1. The van der Waals surface area contributed by atoms with Gasteiger partial charge in [-0.15, -0.1) is 0 Å². The Bertz CT molecular complexity index is 1220. The lowest BCUT2D eigenvalue weighted by atomic mass is 9.98. The molecule has 192 valence electrons. The van der Waals surface area contributed by atoms with Gasteiger partial charge in [-0.1, -0.05) is 12.1 Å². The quantitative estimate of drug-likeness (QED) is 0.263. The Morgan fingerprint density at radius 3 is 2.53 bits per heavy atom. The molecule has 2 atom stereocenters. The molecule has 1 saturated carbocycles. The number of nitrogens with zero attached hydrogens (tertiary/aromatic N) is 3. The first-order chi connectivity index (χ1) is 17.0. The molecule has 0 bridgehead atoms. The summed E-state index contributed by atoms with van der Waals surface area (Å²) in [4.78, 5) is 37.6. The zero-order valence-corrected chi connectivity index (χ0v) is 20.1. The largest absolute Gasteiger partial charge is 0.490 e. The van der Waals surface area contributed by atoms with Gasteiger partial charge in [-0.2, -0.15) is 30.9 Å². The summed E-state index contributed by atoms with van der Waals surface area (Å²) in [6.45, 7) is 0.865. The zero-order chi connectivity index (χ0) is 26.2. The smallest absolute Gasteiger partial charge is 0.436 e. The maximum absolute atomic E-state index is 15.0. The molecule has 12 heteroatoms. The van der Waals surface area contributed by atoms with Gasteiger partial charge in [-0.3, -0.25) is 14.5 Å². The molecular formula is C24H23F4N3O4S. The predicted octanol–water partition coefficient (Wildman–Crippen LogP) is 4.26. The Kier molecular flexibility index (Phi) is 7.37. The van der Waals surface area contributed by atoms with Crippen molar-refractivity contribution in [2.24, 2.45) is 0 Å². The van der Waals surface area contributed by atoms with E-state index in [9.17, 15) is 31.9 Å². The number of hydrogen-bond acceptors (Lipinski definition) is 7. The molecule has 1 aromatic carbocycles. The van der Waals surface area contributed by atoms with Crippen molar-refractivity contribution in [2.45, 2.75) is 49.8 Å². The van der Waals surface area contributed by atoms with Crippen LogP contribution in [0.1, 0.15) is 58.5 Å². The van der Waals surface area contributed by atoms with Crippen LogP contribution < -0.4 is 0 Å². The zero-order valence-electron chi connectivity index (χ0n) is 19.2. The van der Waals surface area contributed by atoms with E-state index in [1.807, 2.05) is 0 Å². The van der Waals surface area contributed by atoms with Gasteiger partial charge in [0.25, 0.3) is 0 Å². The number of ether oxygens (including phenoxy) is 1. The van der Waals surface area contributed by atoms with Crippen molar-refractivity contribution in [3.8, 4) is 0 Å². The van der Waals surface area contributed by atoms with E-state index in [1.165, 1.54) is 36.2 Å². The number of likely N-dealkylation sites (tertiary alicyclic amines) is 1. The van der Waals surface area contributed by atoms with E-state index in [-0.39, 0.29) is 35.2 Å². The van der Waals surface area contributed by atoms with E-state index in [0.717, 1.165) is 17.5 Å². The lowest BCUT2D eigenvalue weighted by Crippen LogP contribution is -2.50. The Morgan fingerprint density at radius 1 is 1.19 bits per heavy atom. The highest BCUT2D eigenvalue weighted by molar-refractivity contribution is 7.81. The molecule has 0 radical (unpaired) electrons. The molecule has 0 N–H and O–H groups in total. The first-order valence-corrected chi connectivity index (χ1v) is 11.8. The third kappa shape index (κ3) is 5.70. The fourth-order valence-electron chi connectivity index (χ4n) is 4.09. The molecule has 7 nitrogen and oxygen atoms in total. The van der Waals surface area contributed by atoms with Crippen LogP contribution in [-0.2, 0) is 9.53 Å². The van der Waals surface area contributed by atoms with Crippen molar-refractivity contribution in [3.05, 3.63) is 58.7 Å². The van der Waals surface area contributed by atoms with Crippen LogP contribution in [0, 0.1) is 5.82 Å². The highest BCUT2D eigenvalue weighted by Crippen LogP contribution is 2.42. The van der Waals surface area contributed by atoms with Gasteiger partial charge in [0.15, 0.2) is 12.0 Å². The molecule has 1 aromatic heterocycles. The molecule has 1 aliphatic carbocycles. The minimum atomic E-state index is -5.27. The maximum Gasteiger partial charge on any atom is 0.490 e. The third-order valence-corrected chi connectivity index (χ3v) is 6.64. The van der Waals surface area contributed by atoms with E-state index in [4.69, 9.17) is 4.74 Å². The lowest BCUT2D eigenvalue weighted by molar-refractivity contribution is -0.210. The molecule has 2 heterocycles. The lowest BCUT2D eigenvalue weighted by Gasteiger charge is -2.39. The Balaban J connectivity index is 1.65. The Morgan fingerprint density at radius 2 is 1.92 bits per heavy atom. The molecular weight excluding hydrogens is 502 g/mol. The molecule has 0 spiro atoms. The molecule has 4 rings (SSSR count). The van der Waals surface area contributed by atoms with E-state index in [0.29, 0.717) is 12.0 Å². The second-order valence-electron chi connectivity index (χ2n) is 8.79. The monoisotopic (exact) mass is 525 g/mol. The van der Waals surface area contributed by atoms with Crippen LogP contribution in [0.25, 0.3) is 6.08 Å². The number of esters is 1. The number of carbonyl (C=O) groups is 3. The molecule has 36 heavy (non-hydrogen) atoms. The first kappa shape index (κ1) is 26.1. The minimum Gasteiger partial charge on any atom is -0.436 e.